The molecule has 0 spiro atoms. The summed E-state index contributed by atoms with van der Waals surface area (Å²) in [6.07, 6.45) is 0. The van der Waals surface area contributed by atoms with Gasteiger partial charge in [0.2, 0.25) is 0 Å². The number of nitrogens with zero attached hydrogens (tertiary/aromatic N) is 1. The predicted molar refractivity (Wildman–Crippen MR) is 67.4 cm³/mol. The molecule has 0 unspecified atom stereocenters. The monoisotopic (exact) mass is 258 g/mol. The molecule has 0 atom stereocenters. The van der Waals surface area contributed by atoms with Crippen LogP contribution in [-0.2, 0) is 0 Å². The normalized spacial score (nSPS) is 12.1. The molecule has 86 valence electrons. The van der Waals surface area contributed by atoms with Gasteiger partial charge in [-0.05, 0) is 32.9 Å². The molecule has 0 aliphatic rings. The molecule has 1 N–H and O–H groups in total. The minimum Gasteiger partial charge on any atom is -0.422 e. The maximum atomic E-state index is 6.00. The zero-order valence-electron chi connectivity index (χ0n) is 9.27. The van der Waals surface area contributed by atoms with Gasteiger partial charge >= 0.3 is 0 Å². The second-order valence-corrected chi connectivity index (χ2v) is 5.47. The van der Waals surface area contributed by atoms with Crippen molar-refractivity contribution in [3.63, 3.8) is 0 Å². The Bertz CT molecular complexity index is 528. The van der Waals surface area contributed by atoms with Crippen molar-refractivity contribution in [2.75, 3.05) is 5.32 Å². The molecule has 5 heteroatoms. The van der Waals surface area contributed by atoms with Crippen molar-refractivity contribution in [2.24, 2.45) is 0 Å². The van der Waals surface area contributed by atoms with Crippen molar-refractivity contribution in [2.45, 2.75) is 26.3 Å². The second kappa shape index (κ2) is 3.82. The molecule has 2 aromatic rings. The number of hydrogen-bond donors (Lipinski definition) is 1. The molecule has 0 radical (unpaired) electrons. The second-order valence-electron chi connectivity index (χ2n) is 4.63. The van der Waals surface area contributed by atoms with E-state index in [-0.39, 0.29) is 5.54 Å². The van der Waals surface area contributed by atoms with Gasteiger partial charge < -0.3 is 9.73 Å². The molecule has 0 aliphatic carbocycles. The van der Waals surface area contributed by atoms with Crippen LogP contribution >= 0.6 is 23.2 Å². The van der Waals surface area contributed by atoms with Gasteiger partial charge in [0.25, 0.3) is 6.01 Å². The molecule has 0 amide bonds. The summed E-state index contributed by atoms with van der Waals surface area (Å²) in [7, 11) is 0. The Balaban J connectivity index is 2.48. The van der Waals surface area contributed by atoms with Crippen LogP contribution in [0.4, 0.5) is 6.01 Å². The van der Waals surface area contributed by atoms with E-state index in [0.717, 1.165) is 0 Å². The van der Waals surface area contributed by atoms with E-state index in [4.69, 9.17) is 27.6 Å². The third-order valence-corrected chi connectivity index (χ3v) is 2.39. The highest BCUT2D eigenvalue weighted by atomic mass is 35.5. The highest BCUT2D eigenvalue weighted by molar-refractivity contribution is 6.38. The number of nitrogens with one attached hydrogen (secondary N) is 1. The summed E-state index contributed by atoms with van der Waals surface area (Å²) in [6, 6.07) is 3.81. The van der Waals surface area contributed by atoms with E-state index in [1.165, 1.54) is 0 Å². The Morgan fingerprint density at radius 1 is 1.25 bits per heavy atom. The first-order valence-electron chi connectivity index (χ1n) is 4.89. The predicted octanol–water partition coefficient (Wildman–Crippen LogP) is 4.35. The molecule has 0 aliphatic heterocycles. The van der Waals surface area contributed by atoms with E-state index in [1.807, 2.05) is 20.8 Å². The fraction of sp³-hybridized carbons (Fsp3) is 0.364. The lowest BCUT2D eigenvalue weighted by molar-refractivity contribution is 0.555. The summed E-state index contributed by atoms with van der Waals surface area (Å²) in [6.45, 7) is 6.07. The average molecular weight is 259 g/mol. The number of anilines is 1. The quantitative estimate of drug-likeness (QED) is 0.827. The van der Waals surface area contributed by atoms with Crippen molar-refractivity contribution >= 4 is 40.3 Å². The van der Waals surface area contributed by atoms with Gasteiger partial charge in [-0.15, -0.1) is 0 Å². The van der Waals surface area contributed by atoms with E-state index in [1.54, 1.807) is 12.1 Å². The molecule has 0 bridgehead atoms. The summed E-state index contributed by atoms with van der Waals surface area (Å²) in [5.74, 6) is 0. The Morgan fingerprint density at radius 3 is 2.56 bits per heavy atom. The lowest BCUT2D eigenvalue weighted by Gasteiger charge is -2.18. The van der Waals surface area contributed by atoms with Crippen LogP contribution in [0, 0.1) is 0 Å². The molecular formula is C11H12Cl2N2O. The van der Waals surface area contributed by atoms with Crippen molar-refractivity contribution < 1.29 is 4.42 Å². The van der Waals surface area contributed by atoms with E-state index in [9.17, 15) is 0 Å². The van der Waals surface area contributed by atoms with Crippen molar-refractivity contribution in [3.05, 3.63) is 22.2 Å². The Hall–Kier alpha value is -0.930. The molecule has 1 heterocycles. The maximum Gasteiger partial charge on any atom is 0.296 e. The number of aromatic nitrogens is 1. The molecule has 2 rings (SSSR count). The lowest BCUT2D eigenvalue weighted by Crippen LogP contribution is -2.26. The summed E-state index contributed by atoms with van der Waals surface area (Å²) < 4.78 is 5.52. The summed E-state index contributed by atoms with van der Waals surface area (Å²) in [5, 5.41) is 4.16. The smallest absolute Gasteiger partial charge is 0.296 e. The van der Waals surface area contributed by atoms with E-state index in [2.05, 4.69) is 10.3 Å². The standard InChI is InChI=1S/C11H12Cl2N2O/c1-11(2,3)15-10-14-8-5-6(12)4-7(13)9(8)16-10/h4-5H,1-3H3,(H,14,15). The van der Waals surface area contributed by atoms with Crippen LogP contribution in [0.3, 0.4) is 0 Å². The number of hydrogen-bond acceptors (Lipinski definition) is 3. The largest absolute Gasteiger partial charge is 0.422 e. The van der Waals surface area contributed by atoms with Gasteiger partial charge in [0, 0.05) is 10.6 Å². The van der Waals surface area contributed by atoms with Gasteiger partial charge in [0.05, 0.1) is 5.02 Å². The van der Waals surface area contributed by atoms with E-state index >= 15 is 0 Å². The molecule has 3 nitrogen and oxygen atoms in total. The number of halogens is 2. The zero-order valence-corrected chi connectivity index (χ0v) is 10.8. The van der Waals surface area contributed by atoms with Crippen molar-refractivity contribution in [3.8, 4) is 0 Å². The first-order valence-corrected chi connectivity index (χ1v) is 5.64. The SMILES string of the molecule is CC(C)(C)Nc1nc2cc(Cl)cc(Cl)c2o1. The van der Waals surface area contributed by atoms with Crippen LogP contribution in [0.5, 0.6) is 0 Å². The number of oxazole rings is 1. The summed E-state index contributed by atoms with van der Waals surface area (Å²) in [5.41, 5.74) is 1.10. The van der Waals surface area contributed by atoms with E-state index < -0.39 is 0 Å². The number of fused-ring (bicyclic) bond motifs is 1. The van der Waals surface area contributed by atoms with Gasteiger partial charge in [-0.1, -0.05) is 23.2 Å². The lowest BCUT2D eigenvalue weighted by atomic mass is 10.1. The average Bonchev–Trinajstić information content (AvgIpc) is 2.43. The molecule has 0 fully saturated rings. The van der Waals surface area contributed by atoms with Crippen molar-refractivity contribution in [1.29, 1.82) is 0 Å². The van der Waals surface area contributed by atoms with Crippen LogP contribution in [0.1, 0.15) is 20.8 Å². The molecule has 16 heavy (non-hydrogen) atoms. The number of rotatable bonds is 1. The Labute approximate surface area is 104 Å². The third-order valence-electron chi connectivity index (χ3n) is 1.89. The number of benzene rings is 1. The van der Waals surface area contributed by atoms with Crippen LogP contribution < -0.4 is 5.32 Å². The van der Waals surface area contributed by atoms with E-state index in [0.29, 0.717) is 27.2 Å². The maximum absolute atomic E-state index is 6.00. The minimum atomic E-state index is -0.114. The fourth-order valence-corrected chi connectivity index (χ4v) is 1.86. The van der Waals surface area contributed by atoms with Crippen molar-refractivity contribution in [1.82, 2.24) is 4.98 Å². The summed E-state index contributed by atoms with van der Waals surface area (Å²) >= 11 is 11.9. The molecule has 0 saturated carbocycles. The Kier molecular flexibility index (Phi) is 2.76. The molecule has 0 saturated heterocycles. The third kappa shape index (κ3) is 2.42. The highest BCUT2D eigenvalue weighted by Crippen LogP contribution is 2.30. The van der Waals surface area contributed by atoms with Crippen LogP contribution in [-0.4, -0.2) is 10.5 Å². The summed E-state index contributed by atoms with van der Waals surface area (Å²) in [4.78, 5) is 4.27. The molecule has 1 aromatic carbocycles. The van der Waals surface area contributed by atoms with Gasteiger partial charge in [0.1, 0.15) is 5.52 Å². The van der Waals surface area contributed by atoms with Gasteiger partial charge in [-0.25, -0.2) is 0 Å². The molecule has 1 aromatic heterocycles. The van der Waals surface area contributed by atoms with Gasteiger partial charge in [0.15, 0.2) is 5.58 Å². The van der Waals surface area contributed by atoms with Crippen LogP contribution in [0.25, 0.3) is 11.1 Å². The van der Waals surface area contributed by atoms with Crippen LogP contribution in [0.15, 0.2) is 16.5 Å². The Morgan fingerprint density at radius 2 is 1.94 bits per heavy atom. The first-order chi connectivity index (χ1) is 7.35. The zero-order chi connectivity index (χ0) is 11.9. The first kappa shape index (κ1) is 11.6. The van der Waals surface area contributed by atoms with Gasteiger partial charge in [-0.3, -0.25) is 0 Å². The highest BCUT2D eigenvalue weighted by Gasteiger charge is 2.15. The fourth-order valence-electron chi connectivity index (χ4n) is 1.33. The minimum absolute atomic E-state index is 0.114. The molecular weight excluding hydrogens is 247 g/mol. The van der Waals surface area contributed by atoms with Crippen LogP contribution in [0.2, 0.25) is 10.0 Å². The topological polar surface area (TPSA) is 38.1 Å². The van der Waals surface area contributed by atoms with Gasteiger partial charge in [-0.2, -0.15) is 4.98 Å².